The topological polar surface area (TPSA) is 48.8 Å². The third-order valence-corrected chi connectivity index (χ3v) is 10.5. The van der Waals surface area contributed by atoms with Gasteiger partial charge in [0.1, 0.15) is 23.3 Å². The minimum absolute atomic E-state index is 0.750. The summed E-state index contributed by atoms with van der Waals surface area (Å²) in [4.78, 5) is 9.37. The van der Waals surface area contributed by atoms with E-state index >= 15 is 0 Å². The van der Waals surface area contributed by atoms with Crippen molar-refractivity contribution in [2.45, 2.75) is 12.8 Å². The molecule has 1 aliphatic carbocycles. The maximum atomic E-state index is 6.41. The van der Waals surface area contributed by atoms with Gasteiger partial charge in [-0.1, -0.05) is 97.1 Å². The van der Waals surface area contributed by atoms with Crippen molar-refractivity contribution in [2.24, 2.45) is 0 Å². The number of aryl methyl sites for hydroxylation is 1. The van der Waals surface area contributed by atoms with Gasteiger partial charge in [-0.05, 0) is 72.1 Å². The summed E-state index contributed by atoms with van der Waals surface area (Å²) in [5.74, 6) is 0.989. The maximum Gasteiger partial charge on any atom is 0.179 e. The van der Waals surface area contributed by atoms with E-state index in [1.54, 1.807) is 6.33 Å². The number of rotatable bonds is 4. The van der Waals surface area contributed by atoms with Crippen molar-refractivity contribution in [1.29, 1.82) is 0 Å². The van der Waals surface area contributed by atoms with Gasteiger partial charge in [0, 0.05) is 50.5 Å². The first-order valence-corrected chi connectivity index (χ1v) is 17.5. The van der Waals surface area contributed by atoms with Crippen molar-refractivity contribution in [3.8, 4) is 33.8 Å². The summed E-state index contributed by atoms with van der Waals surface area (Å²) in [7, 11) is 0. The van der Waals surface area contributed by atoms with Gasteiger partial charge in [0.15, 0.2) is 5.58 Å². The lowest BCUT2D eigenvalue weighted by Crippen LogP contribution is -1.95. The van der Waals surface area contributed by atoms with E-state index in [2.05, 4.69) is 166 Å². The van der Waals surface area contributed by atoms with Crippen molar-refractivity contribution < 1.29 is 4.42 Å². The molecule has 4 aromatic heterocycles. The molecule has 0 amide bonds. The first kappa shape index (κ1) is 28.2. The number of benzene rings is 6. The normalized spacial score (nSPS) is 12.9. The Kier molecular flexibility index (Phi) is 6.01. The summed E-state index contributed by atoms with van der Waals surface area (Å²) in [6, 6.07) is 50.3. The Morgan fingerprint density at radius 2 is 1.27 bits per heavy atom. The van der Waals surface area contributed by atoms with Crippen LogP contribution in [0.15, 0.2) is 156 Å². The predicted octanol–water partition coefficient (Wildman–Crippen LogP) is 11.7. The molecule has 51 heavy (non-hydrogen) atoms. The zero-order valence-corrected chi connectivity index (χ0v) is 27.6. The van der Waals surface area contributed by atoms with E-state index < -0.39 is 0 Å². The van der Waals surface area contributed by atoms with Gasteiger partial charge >= 0.3 is 0 Å². The second-order valence-corrected chi connectivity index (χ2v) is 13.3. The lowest BCUT2D eigenvalue weighted by atomic mass is 9.98. The molecule has 0 saturated carbocycles. The molecule has 0 bridgehead atoms. The highest BCUT2D eigenvalue weighted by Crippen LogP contribution is 2.42. The fourth-order valence-corrected chi connectivity index (χ4v) is 8.28. The standard InChI is InChI=1S/C46H30N4O/c1-2-13-31(14-3-1)49-38-20-7-4-16-34(38)37-27-29(24-25-40(37)49)33-19-11-22-41-43(33)35-17-5-8-21-39(35)50(41)32-15-10-12-30(26-32)44-46-45(48-28-47-44)36-18-6-9-23-42(36)51-46/h1-8,10-22,24-28H,9,23H2. The van der Waals surface area contributed by atoms with E-state index in [0.717, 1.165) is 68.9 Å². The van der Waals surface area contributed by atoms with Crippen LogP contribution in [0.4, 0.5) is 0 Å². The van der Waals surface area contributed by atoms with E-state index in [1.165, 1.54) is 43.7 Å². The van der Waals surface area contributed by atoms with Crippen LogP contribution in [0.3, 0.4) is 0 Å². The summed E-state index contributed by atoms with van der Waals surface area (Å²) >= 11 is 0. The molecule has 0 unspecified atom stereocenters. The van der Waals surface area contributed by atoms with Crippen molar-refractivity contribution in [3.05, 3.63) is 163 Å². The first-order chi connectivity index (χ1) is 25.3. The van der Waals surface area contributed by atoms with Crippen molar-refractivity contribution in [3.63, 3.8) is 0 Å². The Balaban J connectivity index is 1.11. The maximum absolute atomic E-state index is 6.41. The molecular formula is C46H30N4O. The molecule has 5 heteroatoms. The molecule has 0 spiro atoms. The monoisotopic (exact) mass is 654 g/mol. The number of hydrogen-bond donors (Lipinski definition) is 0. The third kappa shape index (κ3) is 4.15. The van der Waals surface area contributed by atoms with Gasteiger partial charge < -0.3 is 13.6 Å². The Morgan fingerprint density at radius 3 is 2.18 bits per heavy atom. The van der Waals surface area contributed by atoms with Crippen LogP contribution in [0, 0.1) is 0 Å². The highest BCUT2D eigenvalue weighted by molar-refractivity contribution is 6.17. The number of hydrogen-bond acceptors (Lipinski definition) is 3. The van der Waals surface area contributed by atoms with Crippen LogP contribution in [0.1, 0.15) is 17.7 Å². The number of allylic oxidation sites excluding steroid dienone is 1. The number of furan rings is 1. The summed E-state index contributed by atoms with van der Waals surface area (Å²) in [6.07, 6.45) is 7.84. The fourth-order valence-electron chi connectivity index (χ4n) is 8.28. The van der Waals surface area contributed by atoms with Crippen LogP contribution in [0.25, 0.3) is 94.5 Å². The van der Waals surface area contributed by atoms with Crippen LogP contribution in [-0.4, -0.2) is 19.1 Å². The lowest BCUT2D eigenvalue weighted by molar-refractivity contribution is 0.546. The summed E-state index contributed by atoms with van der Waals surface area (Å²) in [5.41, 5.74) is 13.9. The molecule has 4 heterocycles. The SMILES string of the molecule is C1=Cc2c(oc3c(-c4cccc(-n5c6ccccc6c6c(-c7ccc8c(c7)c7ccccc7n8-c7ccccc7)cccc65)c4)ncnc23)CC1. The van der Waals surface area contributed by atoms with Crippen LogP contribution in [0.2, 0.25) is 0 Å². The predicted molar refractivity (Wildman–Crippen MR) is 209 cm³/mol. The van der Waals surface area contributed by atoms with Crippen LogP contribution in [0.5, 0.6) is 0 Å². The highest BCUT2D eigenvalue weighted by Gasteiger charge is 2.21. The van der Waals surface area contributed by atoms with Crippen LogP contribution in [-0.2, 0) is 6.42 Å². The third-order valence-electron chi connectivity index (χ3n) is 10.5. The molecule has 1 aliphatic rings. The van der Waals surface area contributed by atoms with Crippen LogP contribution < -0.4 is 0 Å². The Bertz CT molecular complexity index is 3030. The van der Waals surface area contributed by atoms with Crippen molar-refractivity contribution >= 4 is 60.8 Å². The molecule has 5 nitrogen and oxygen atoms in total. The van der Waals surface area contributed by atoms with Gasteiger partial charge in [0.2, 0.25) is 0 Å². The number of para-hydroxylation sites is 3. The van der Waals surface area contributed by atoms with Gasteiger partial charge in [-0.3, -0.25) is 0 Å². The van der Waals surface area contributed by atoms with E-state index in [-0.39, 0.29) is 0 Å². The molecule has 0 atom stereocenters. The van der Waals surface area contributed by atoms with Crippen LogP contribution >= 0.6 is 0 Å². The first-order valence-electron chi connectivity index (χ1n) is 17.5. The number of nitrogens with zero attached hydrogens (tertiary/aromatic N) is 4. The average molecular weight is 655 g/mol. The molecule has 0 N–H and O–H groups in total. The number of fused-ring (bicyclic) bond motifs is 9. The molecule has 0 fully saturated rings. The molecular weight excluding hydrogens is 625 g/mol. The van der Waals surface area contributed by atoms with Crippen molar-refractivity contribution in [1.82, 2.24) is 19.1 Å². The summed E-state index contributed by atoms with van der Waals surface area (Å²) in [6.45, 7) is 0. The Labute approximate surface area is 293 Å². The van der Waals surface area contributed by atoms with E-state index in [0.29, 0.717) is 0 Å². The van der Waals surface area contributed by atoms with Gasteiger partial charge in [-0.15, -0.1) is 0 Å². The smallest absolute Gasteiger partial charge is 0.179 e. The fraction of sp³-hybridized carbons (Fsp3) is 0.0435. The average Bonchev–Trinajstić information content (AvgIpc) is 3.86. The summed E-state index contributed by atoms with van der Waals surface area (Å²) in [5, 5.41) is 4.94. The van der Waals surface area contributed by atoms with Gasteiger partial charge in [-0.25, -0.2) is 9.97 Å². The minimum Gasteiger partial charge on any atom is -0.456 e. The second-order valence-electron chi connectivity index (χ2n) is 13.3. The van der Waals surface area contributed by atoms with Gasteiger partial charge in [0.05, 0.1) is 22.1 Å². The second kappa shape index (κ2) is 10.9. The Morgan fingerprint density at radius 1 is 0.549 bits per heavy atom. The van der Waals surface area contributed by atoms with E-state index in [9.17, 15) is 0 Å². The molecule has 10 aromatic rings. The molecule has 0 aliphatic heterocycles. The van der Waals surface area contributed by atoms with Gasteiger partial charge in [0.25, 0.3) is 0 Å². The Hall–Kier alpha value is -6.72. The quantitative estimate of drug-likeness (QED) is 0.190. The molecule has 0 radical (unpaired) electrons. The number of aromatic nitrogens is 4. The lowest BCUT2D eigenvalue weighted by Gasteiger charge is -2.11. The highest BCUT2D eigenvalue weighted by atomic mass is 16.3. The van der Waals surface area contributed by atoms with Crippen molar-refractivity contribution in [2.75, 3.05) is 0 Å². The minimum atomic E-state index is 0.750. The zero-order chi connectivity index (χ0) is 33.5. The van der Waals surface area contributed by atoms with E-state index in [4.69, 9.17) is 9.40 Å². The molecule has 6 aromatic carbocycles. The molecule has 0 saturated heterocycles. The molecule has 240 valence electrons. The largest absolute Gasteiger partial charge is 0.456 e. The zero-order valence-electron chi connectivity index (χ0n) is 27.6. The van der Waals surface area contributed by atoms with E-state index in [1.807, 2.05) is 0 Å². The van der Waals surface area contributed by atoms with Gasteiger partial charge in [-0.2, -0.15) is 0 Å². The molecule has 11 rings (SSSR count). The summed E-state index contributed by atoms with van der Waals surface area (Å²) < 4.78 is 11.2.